The Morgan fingerprint density at radius 2 is 1.72 bits per heavy atom. The van der Waals surface area contributed by atoms with E-state index in [1.165, 1.54) is 0 Å². The molecule has 0 spiro atoms. The third kappa shape index (κ3) is 2.79. The number of carbonyl (C=O) groups excluding carboxylic acids is 3. The first-order valence-electron chi connectivity index (χ1n) is 9.02. The average molecular weight is 341 g/mol. The molecule has 25 heavy (non-hydrogen) atoms. The van der Waals surface area contributed by atoms with Gasteiger partial charge in [0.05, 0.1) is 6.42 Å². The van der Waals surface area contributed by atoms with E-state index in [-0.39, 0.29) is 23.6 Å². The highest BCUT2D eigenvalue weighted by Gasteiger charge is 2.32. The minimum Gasteiger partial charge on any atom is -0.339 e. The lowest BCUT2D eigenvalue weighted by atomic mass is 9.84. The van der Waals surface area contributed by atoms with Crippen LogP contribution < -0.4 is 4.90 Å². The number of amides is 3. The maximum Gasteiger partial charge on any atom is 0.253 e. The summed E-state index contributed by atoms with van der Waals surface area (Å²) in [4.78, 5) is 42.2. The van der Waals surface area contributed by atoms with Crippen LogP contribution in [-0.2, 0) is 16.0 Å². The molecule has 1 aliphatic carbocycles. The molecule has 0 atom stereocenters. The molecule has 0 radical (unpaired) electrons. The van der Waals surface area contributed by atoms with E-state index >= 15 is 0 Å². The van der Waals surface area contributed by atoms with E-state index < -0.39 is 0 Å². The van der Waals surface area contributed by atoms with Crippen molar-refractivity contribution in [1.82, 2.24) is 9.80 Å². The van der Waals surface area contributed by atoms with Crippen LogP contribution in [0.4, 0.5) is 5.69 Å². The Balaban J connectivity index is 1.40. The van der Waals surface area contributed by atoms with Gasteiger partial charge in [-0.1, -0.05) is 6.42 Å². The lowest BCUT2D eigenvalue weighted by Gasteiger charge is -2.38. The van der Waals surface area contributed by atoms with Gasteiger partial charge >= 0.3 is 0 Å². The van der Waals surface area contributed by atoms with Crippen LogP contribution in [0, 0.1) is 5.92 Å². The van der Waals surface area contributed by atoms with Crippen molar-refractivity contribution < 1.29 is 14.4 Å². The Bertz CT molecular complexity index is 733. The fourth-order valence-corrected chi connectivity index (χ4v) is 3.83. The number of benzene rings is 1. The lowest BCUT2D eigenvalue weighted by Crippen LogP contribution is -2.52. The Labute approximate surface area is 147 Å². The van der Waals surface area contributed by atoms with E-state index in [2.05, 4.69) is 0 Å². The molecule has 0 bridgehead atoms. The first-order valence-corrected chi connectivity index (χ1v) is 9.02. The first-order chi connectivity index (χ1) is 12.0. The van der Waals surface area contributed by atoms with Crippen molar-refractivity contribution in [2.45, 2.75) is 25.7 Å². The highest BCUT2D eigenvalue weighted by atomic mass is 16.2. The first kappa shape index (κ1) is 16.1. The molecule has 1 saturated heterocycles. The van der Waals surface area contributed by atoms with Gasteiger partial charge in [0.25, 0.3) is 5.91 Å². The molecule has 1 aromatic rings. The average Bonchev–Trinajstić information content (AvgIpc) is 2.86. The number of hydrogen-bond acceptors (Lipinski definition) is 3. The molecule has 0 N–H and O–H groups in total. The monoisotopic (exact) mass is 341 g/mol. The summed E-state index contributed by atoms with van der Waals surface area (Å²) in [7, 11) is 1.76. The van der Waals surface area contributed by atoms with Gasteiger partial charge in [-0.25, -0.2) is 0 Å². The summed E-state index contributed by atoms with van der Waals surface area (Å²) >= 11 is 0. The van der Waals surface area contributed by atoms with Gasteiger partial charge in [0.2, 0.25) is 11.8 Å². The number of hydrogen-bond donors (Lipinski definition) is 0. The molecule has 4 rings (SSSR count). The van der Waals surface area contributed by atoms with E-state index in [1.807, 2.05) is 21.9 Å². The number of nitrogens with zero attached hydrogens (tertiary/aromatic N) is 3. The van der Waals surface area contributed by atoms with Crippen LogP contribution in [0.5, 0.6) is 0 Å². The van der Waals surface area contributed by atoms with E-state index in [0.717, 1.165) is 30.5 Å². The number of likely N-dealkylation sites (N-methyl/N-ethyl adjacent to an activating group) is 1. The number of carbonyl (C=O) groups is 3. The van der Waals surface area contributed by atoms with Crippen LogP contribution in [0.15, 0.2) is 18.2 Å². The van der Waals surface area contributed by atoms with E-state index in [4.69, 9.17) is 0 Å². The molecule has 2 heterocycles. The third-order valence-corrected chi connectivity index (χ3v) is 5.74. The smallest absolute Gasteiger partial charge is 0.253 e. The number of rotatable bonds is 2. The van der Waals surface area contributed by atoms with Gasteiger partial charge in [0.15, 0.2) is 0 Å². The second kappa shape index (κ2) is 6.17. The van der Waals surface area contributed by atoms with Crippen molar-refractivity contribution in [3.05, 3.63) is 29.3 Å². The van der Waals surface area contributed by atoms with Gasteiger partial charge in [-0.05, 0) is 36.6 Å². The molecule has 2 aliphatic heterocycles. The molecule has 3 amide bonds. The standard InChI is InChI=1S/C19H23N3O3/c1-20-16-6-5-14(11-15(16)12-17(20)23)19(25)22-9-7-21(8-10-22)18(24)13-3-2-4-13/h5-6,11,13H,2-4,7-10,12H2,1H3. The van der Waals surface area contributed by atoms with Crippen LogP contribution in [0.3, 0.4) is 0 Å². The van der Waals surface area contributed by atoms with Crippen molar-refractivity contribution >= 4 is 23.4 Å². The lowest BCUT2D eigenvalue weighted by molar-refractivity contribution is -0.139. The van der Waals surface area contributed by atoms with Gasteiger partial charge in [-0.2, -0.15) is 0 Å². The van der Waals surface area contributed by atoms with Crippen molar-refractivity contribution in [2.75, 3.05) is 38.1 Å². The van der Waals surface area contributed by atoms with Crippen molar-refractivity contribution in [3.63, 3.8) is 0 Å². The van der Waals surface area contributed by atoms with Gasteiger partial charge in [-0.15, -0.1) is 0 Å². The van der Waals surface area contributed by atoms with Crippen molar-refractivity contribution in [3.8, 4) is 0 Å². The topological polar surface area (TPSA) is 60.9 Å². The largest absolute Gasteiger partial charge is 0.339 e. The third-order valence-electron chi connectivity index (χ3n) is 5.74. The number of fused-ring (bicyclic) bond motifs is 1. The molecule has 2 fully saturated rings. The Kier molecular flexibility index (Phi) is 3.98. The van der Waals surface area contributed by atoms with Crippen LogP contribution >= 0.6 is 0 Å². The molecule has 132 valence electrons. The molecular weight excluding hydrogens is 318 g/mol. The molecular formula is C19H23N3O3. The molecule has 6 nitrogen and oxygen atoms in total. The molecule has 6 heteroatoms. The predicted molar refractivity (Wildman–Crippen MR) is 93.4 cm³/mol. The number of anilines is 1. The SMILES string of the molecule is CN1C(=O)Cc2cc(C(=O)N3CCN(C(=O)C4CCC4)CC3)ccc21. The zero-order valence-electron chi connectivity index (χ0n) is 14.5. The summed E-state index contributed by atoms with van der Waals surface area (Å²) in [6, 6.07) is 5.48. The Morgan fingerprint density at radius 3 is 2.36 bits per heavy atom. The Morgan fingerprint density at radius 1 is 1.04 bits per heavy atom. The summed E-state index contributed by atoms with van der Waals surface area (Å²) in [5, 5.41) is 0. The highest BCUT2D eigenvalue weighted by molar-refractivity contribution is 6.03. The van der Waals surface area contributed by atoms with Crippen LogP contribution in [0.25, 0.3) is 0 Å². The second-order valence-corrected chi connectivity index (χ2v) is 7.22. The minimum atomic E-state index is -0.0134. The summed E-state index contributed by atoms with van der Waals surface area (Å²) in [5.74, 6) is 0.522. The minimum absolute atomic E-state index is 0.0134. The normalized spacial score (nSPS) is 20.5. The highest BCUT2D eigenvalue weighted by Crippen LogP contribution is 2.30. The van der Waals surface area contributed by atoms with Gasteiger partial charge in [0, 0.05) is 50.4 Å². The van der Waals surface area contributed by atoms with E-state index in [1.54, 1.807) is 18.0 Å². The van der Waals surface area contributed by atoms with Crippen molar-refractivity contribution in [1.29, 1.82) is 0 Å². The summed E-state index contributed by atoms with van der Waals surface area (Å²) < 4.78 is 0. The van der Waals surface area contributed by atoms with E-state index in [9.17, 15) is 14.4 Å². The maximum atomic E-state index is 12.8. The second-order valence-electron chi connectivity index (χ2n) is 7.22. The predicted octanol–water partition coefficient (Wildman–Crippen LogP) is 1.29. The molecule has 0 unspecified atom stereocenters. The van der Waals surface area contributed by atoms with E-state index in [0.29, 0.717) is 38.2 Å². The fraction of sp³-hybridized carbons (Fsp3) is 0.526. The summed E-state index contributed by atoms with van der Waals surface area (Å²) in [6.45, 7) is 2.39. The van der Waals surface area contributed by atoms with Crippen molar-refractivity contribution in [2.24, 2.45) is 5.92 Å². The zero-order chi connectivity index (χ0) is 17.6. The van der Waals surface area contributed by atoms with Gasteiger partial charge in [0.1, 0.15) is 0 Å². The van der Waals surface area contributed by atoms with Gasteiger partial charge in [-0.3, -0.25) is 14.4 Å². The molecule has 0 aromatic heterocycles. The Hall–Kier alpha value is -2.37. The van der Waals surface area contributed by atoms with Crippen LogP contribution in [-0.4, -0.2) is 60.7 Å². The number of piperazine rings is 1. The fourth-order valence-electron chi connectivity index (χ4n) is 3.83. The molecule has 1 aromatic carbocycles. The van der Waals surface area contributed by atoms with Crippen LogP contribution in [0.2, 0.25) is 0 Å². The van der Waals surface area contributed by atoms with Gasteiger partial charge < -0.3 is 14.7 Å². The summed E-state index contributed by atoms with van der Waals surface area (Å²) in [5.41, 5.74) is 2.43. The maximum absolute atomic E-state index is 12.8. The summed E-state index contributed by atoms with van der Waals surface area (Å²) in [6.07, 6.45) is 3.54. The molecule has 1 saturated carbocycles. The quantitative estimate of drug-likeness (QED) is 0.814. The molecule has 3 aliphatic rings. The zero-order valence-corrected chi connectivity index (χ0v) is 14.5. The van der Waals surface area contributed by atoms with Crippen LogP contribution in [0.1, 0.15) is 35.2 Å².